The SMILES string of the molecule is CC1=[NH+]/C(=C2/C=C(c3[nH]c(C)c(C)c3C#Cc3ccc(F)cc3)O[B-](F)(F)O2)C(C#Cc2ccc(F)cc2)=C1C. The van der Waals surface area contributed by atoms with Gasteiger partial charge in [0, 0.05) is 35.4 Å². The van der Waals surface area contributed by atoms with Crippen molar-refractivity contribution < 1.29 is 31.7 Å². The number of nitrogens with one attached hydrogen (secondary N) is 2. The molecule has 0 saturated carbocycles. The van der Waals surface area contributed by atoms with E-state index in [9.17, 15) is 17.4 Å². The summed E-state index contributed by atoms with van der Waals surface area (Å²) < 4.78 is 66.5. The van der Waals surface area contributed by atoms with Crippen LogP contribution < -0.4 is 4.99 Å². The number of aromatic amines is 1. The Morgan fingerprint density at radius 2 is 1.35 bits per heavy atom. The van der Waals surface area contributed by atoms with E-state index in [4.69, 9.17) is 9.31 Å². The Hall–Kier alpha value is -4.89. The Balaban J connectivity index is 1.61. The molecule has 2 aliphatic heterocycles. The van der Waals surface area contributed by atoms with Crippen LogP contribution in [0.4, 0.5) is 17.4 Å². The zero-order valence-corrected chi connectivity index (χ0v) is 22.1. The van der Waals surface area contributed by atoms with Gasteiger partial charge in [-0.15, -0.1) is 0 Å². The van der Waals surface area contributed by atoms with Crippen LogP contribution in [0, 0.1) is 49.2 Å². The second kappa shape index (κ2) is 10.4. The lowest BCUT2D eigenvalue weighted by Crippen LogP contribution is -2.68. The molecule has 0 radical (unpaired) electrons. The maximum Gasteiger partial charge on any atom is 0.726 e. The highest BCUT2D eigenvalue weighted by Crippen LogP contribution is 2.36. The number of aromatic nitrogens is 1. The van der Waals surface area contributed by atoms with Crippen molar-refractivity contribution in [2.45, 2.75) is 27.7 Å². The van der Waals surface area contributed by atoms with E-state index in [0.717, 1.165) is 22.5 Å². The number of allylic oxidation sites excluding steroid dienone is 3. The van der Waals surface area contributed by atoms with E-state index in [-0.39, 0.29) is 34.5 Å². The monoisotopic (exact) mass is 542 g/mol. The van der Waals surface area contributed by atoms with Gasteiger partial charge in [0.15, 0.2) is 11.5 Å². The third kappa shape index (κ3) is 5.46. The van der Waals surface area contributed by atoms with E-state index in [1.807, 2.05) is 13.8 Å². The summed E-state index contributed by atoms with van der Waals surface area (Å²) in [5, 5.41) is 0. The Labute approximate surface area is 229 Å². The summed E-state index contributed by atoms with van der Waals surface area (Å²) in [6, 6.07) is 11.3. The van der Waals surface area contributed by atoms with E-state index < -0.39 is 7.11 Å². The summed E-state index contributed by atoms with van der Waals surface area (Å²) in [5.74, 6) is 10.9. The molecule has 1 aromatic heterocycles. The van der Waals surface area contributed by atoms with Crippen molar-refractivity contribution in [3.8, 4) is 23.7 Å². The van der Waals surface area contributed by atoms with Crippen LogP contribution in [0.2, 0.25) is 0 Å². The molecular formula is C31H23BF4N2O2. The zero-order chi connectivity index (χ0) is 28.6. The average Bonchev–Trinajstić information content (AvgIpc) is 3.36. The van der Waals surface area contributed by atoms with Gasteiger partial charge in [0.2, 0.25) is 0 Å². The highest BCUT2D eigenvalue weighted by Gasteiger charge is 2.42. The largest absolute Gasteiger partial charge is 0.726 e. The van der Waals surface area contributed by atoms with Crippen molar-refractivity contribution in [3.63, 3.8) is 0 Å². The summed E-state index contributed by atoms with van der Waals surface area (Å²) in [6.07, 6.45) is 1.38. The number of hydrogen-bond donors (Lipinski definition) is 2. The summed E-state index contributed by atoms with van der Waals surface area (Å²) in [7, 11) is -4.74. The molecule has 0 amide bonds. The normalized spacial score (nSPS) is 17.6. The third-order valence-electron chi connectivity index (χ3n) is 6.64. The first kappa shape index (κ1) is 26.7. The van der Waals surface area contributed by atoms with E-state index in [2.05, 4.69) is 33.7 Å². The molecule has 2 N–H and O–H groups in total. The van der Waals surface area contributed by atoms with Gasteiger partial charge in [-0.2, -0.15) is 0 Å². The molecule has 0 aliphatic carbocycles. The van der Waals surface area contributed by atoms with Gasteiger partial charge in [-0.25, -0.2) is 13.8 Å². The molecule has 9 heteroatoms. The van der Waals surface area contributed by atoms with Crippen molar-refractivity contribution in [2.75, 3.05) is 0 Å². The van der Waals surface area contributed by atoms with Crippen molar-refractivity contribution in [1.82, 2.24) is 4.98 Å². The second-order valence-corrected chi connectivity index (χ2v) is 9.41. The second-order valence-electron chi connectivity index (χ2n) is 9.41. The van der Waals surface area contributed by atoms with Crippen LogP contribution in [-0.2, 0) is 9.31 Å². The summed E-state index contributed by atoms with van der Waals surface area (Å²) >= 11 is 0. The van der Waals surface area contributed by atoms with E-state index in [0.29, 0.717) is 22.3 Å². The fourth-order valence-corrected chi connectivity index (χ4v) is 4.22. The molecule has 4 nitrogen and oxygen atoms in total. The Morgan fingerprint density at radius 1 is 0.775 bits per heavy atom. The molecule has 0 saturated heterocycles. The smallest absolute Gasteiger partial charge is 0.626 e. The molecule has 3 heterocycles. The van der Waals surface area contributed by atoms with Crippen molar-refractivity contribution >= 4 is 18.6 Å². The van der Waals surface area contributed by atoms with Gasteiger partial charge in [-0.3, -0.25) is 0 Å². The predicted molar refractivity (Wildman–Crippen MR) is 145 cm³/mol. The lowest BCUT2D eigenvalue weighted by atomic mass is 10.0. The van der Waals surface area contributed by atoms with Gasteiger partial charge in [0.1, 0.15) is 23.0 Å². The van der Waals surface area contributed by atoms with Crippen molar-refractivity contribution in [3.05, 3.63) is 122 Å². The molecule has 2 aromatic carbocycles. The minimum Gasteiger partial charge on any atom is -0.626 e. The molecule has 0 spiro atoms. The maximum atomic E-state index is 14.9. The number of aryl methyl sites for hydroxylation is 1. The quantitative estimate of drug-likeness (QED) is 0.252. The van der Waals surface area contributed by atoms with Gasteiger partial charge in [-0.1, -0.05) is 23.7 Å². The van der Waals surface area contributed by atoms with Crippen LogP contribution in [-0.4, -0.2) is 17.8 Å². The fourth-order valence-electron chi connectivity index (χ4n) is 4.22. The summed E-state index contributed by atoms with van der Waals surface area (Å²) in [5.41, 5.74) is 5.58. The minimum absolute atomic E-state index is 0.145. The first-order valence-electron chi connectivity index (χ1n) is 12.4. The topological polar surface area (TPSA) is 48.2 Å². The standard InChI is InChI=1S/C31H22BF4N2O2/c1-18-20(3)37-30(26(18)15-9-22-5-11-24(33)12-6-22)28-17-29(40-32(35,36)39-28)31-27(19(2)21(4)38-31)16-10-23-7-13-25(34)14-8-23/h5-8,11-14,17,37H,1-4H3/q-1/p+1/b31-29-. The van der Waals surface area contributed by atoms with Crippen molar-refractivity contribution in [1.29, 1.82) is 0 Å². The van der Waals surface area contributed by atoms with Gasteiger partial charge < -0.3 is 22.9 Å². The maximum absolute atomic E-state index is 14.9. The van der Waals surface area contributed by atoms with Crippen LogP contribution in [0.3, 0.4) is 0 Å². The lowest BCUT2D eigenvalue weighted by molar-refractivity contribution is -0.391. The highest BCUT2D eigenvalue weighted by atomic mass is 19.3. The van der Waals surface area contributed by atoms with E-state index in [1.54, 1.807) is 13.8 Å². The van der Waals surface area contributed by atoms with Gasteiger partial charge in [0.05, 0.1) is 11.3 Å². The molecule has 3 aromatic rings. The molecule has 0 fully saturated rings. The number of halogens is 4. The van der Waals surface area contributed by atoms with Crippen LogP contribution in [0.1, 0.15) is 47.5 Å². The van der Waals surface area contributed by atoms with E-state index in [1.165, 1.54) is 54.6 Å². The lowest BCUT2D eigenvalue weighted by Gasteiger charge is -2.33. The van der Waals surface area contributed by atoms with Gasteiger partial charge >= 0.3 is 7.11 Å². The predicted octanol–water partition coefficient (Wildman–Crippen LogP) is 5.21. The van der Waals surface area contributed by atoms with Crippen LogP contribution in [0.5, 0.6) is 0 Å². The van der Waals surface area contributed by atoms with Gasteiger partial charge in [0.25, 0.3) is 5.70 Å². The zero-order valence-electron chi connectivity index (χ0n) is 22.1. The molecule has 200 valence electrons. The number of H-pyrrole nitrogens is 1. The van der Waals surface area contributed by atoms with Crippen LogP contribution in [0.15, 0.2) is 77.2 Å². The molecular weight excluding hydrogens is 519 g/mol. The van der Waals surface area contributed by atoms with Crippen LogP contribution in [0.25, 0.3) is 5.76 Å². The molecule has 0 unspecified atom stereocenters. The number of hydrogen-bond acceptors (Lipinski definition) is 2. The Morgan fingerprint density at radius 3 is 1.95 bits per heavy atom. The highest BCUT2D eigenvalue weighted by molar-refractivity contribution is 6.53. The fraction of sp³-hybridized carbons (Fsp3) is 0.129. The third-order valence-corrected chi connectivity index (χ3v) is 6.64. The van der Waals surface area contributed by atoms with Crippen molar-refractivity contribution in [2.24, 2.45) is 0 Å². The Bertz CT molecular complexity index is 1770. The number of rotatable bonds is 1. The Kier molecular flexibility index (Phi) is 6.91. The van der Waals surface area contributed by atoms with Gasteiger partial charge in [-0.05, 0) is 74.9 Å². The number of benzene rings is 2. The molecule has 0 atom stereocenters. The summed E-state index contributed by atoms with van der Waals surface area (Å²) in [6.45, 7) is 7.24. The minimum atomic E-state index is -4.74. The molecule has 5 rings (SSSR count). The molecule has 2 aliphatic rings. The van der Waals surface area contributed by atoms with E-state index >= 15 is 0 Å². The summed E-state index contributed by atoms with van der Waals surface area (Å²) in [4.78, 5) is 6.21. The molecule has 0 bridgehead atoms. The first-order valence-corrected chi connectivity index (χ1v) is 12.4. The van der Waals surface area contributed by atoms with Crippen LogP contribution >= 0.6 is 0 Å². The first-order chi connectivity index (χ1) is 19.0. The average molecular weight is 542 g/mol. The molecule has 40 heavy (non-hydrogen) atoms.